The molecular formula is C16H30O. The van der Waals surface area contributed by atoms with Crippen LogP contribution in [0.15, 0.2) is 12.7 Å². The van der Waals surface area contributed by atoms with E-state index in [0.29, 0.717) is 5.78 Å². The molecule has 1 nitrogen and oxygen atoms in total. The van der Waals surface area contributed by atoms with Gasteiger partial charge in [-0.05, 0) is 25.7 Å². The normalized spacial score (nSPS) is 10.4. The van der Waals surface area contributed by atoms with Crippen molar-refractivity contribution in [2.75, 3.05) is 0 Å². The van der Waals surface area contributed by atoms with Crippen molar-refractivity contribution in [3.63, 3.8) is 0 Å². The number of hydrogen-bond acceptors (Lipinski definition) is 1. The molecule has 100 valence electrons. The summed E-state index contributed by atoms with van der Waals surface area (Å²) in [6, 6.07) is 0. The Labute approximate surface area is 108 Å². The first-order chi connectivity index (χ1) is 8.31. The highest BCUT2D eigenvalue weighted by Gasteiger charge is 2.00. The maximum absolute atomic E-state index is 11.4. The Morgan fingerprint density at radius 2 is 1.41 bits per heavy atom. The zero-order valence-corrected chi connectivity index (χ0v) is 11.7. The SMILES string of the molecule is C=CCCCCCCCCCC(=O)CCCC. The lowest BCUT2D eigenvalue weighted by Crippen LogP contribution is -1.96. The molecule has 0 N–H and O–H groups in total. The van der Waals surface area contributed by atoms with Gasteiger partial charge in [-0.2, -0.15) is 0 Å². The molecule has 0 aliphatic rings. The van der Waals surface area contributed by atoms with Gasteiger partial charge in [0.2, 0.25) is 0 Å². The third-order valence-electron chi connectivity index (χ3n) is 3.17. The summed E-state index contributed by atoms with van der Waals surface area (Å²) in [5, 5.41) is 0. The van der Waals surface area contributed by atoms with E-state index in [0.717, 1.165) is 38.5 Å². The van der Waals surface area contributed by atoms with Crippen LogP contribution < -0.4 is 0 Å². The molecule has 0 rings (SSSR count). The fraction of sp³-hybridized carbons (Fsp3) is 0.812. The lowest BCUT2D eigenvalue weighted by molar-refractivity contribution is -0.119. The molecular weight excluding hydrogens is 208 g/mol. The van der Waals surface area contributed by atoms with Crippen LogP contribution in [0.2, 0.25) is 0 Å². The van der Waals surface area contributed by atoms with E-state index in [4.69, 9.17) is 0 Å². The second-order valence-electron chi connectivity index (χ2n) is 4.94. The van der Waals surface area contributed by atoms with Gasteiger partial charge in [-0.1, -0.05) is 51.5 Å². The summed E-state index contributed by atoms with van der Waals surface area (Å²) in [7, 11) is 0. The van der Waals surface area contributed by atoms with Gasteiger partial charge < -0.3 is 0 Å². The molecule has 0 radical (unpaired) electrons. The highest BCUT2D eigenvalue weighted by molar-refractivity contribution is 5.78. The molecule has 0 saturated carbocycles. The van der Waals surface area contributed by atoms with Gasteiger partial charge in [-0.3, -0.25) is 4.79 Å². The molecule has 0 spiro atoms. The third kappa shape index (κ3) is 13.3. The molecule has 0 aliphatic carbocycles. The lowest BCUT2D eigenvalue weighted by Gasteiger charge is -2.01. The lowest BCUT2D eigenvalue weighted by atomic mass is 10.0. The molecule has 0 unspecified atom stereocenters. The molecule has 0 fully saturated rings. The van der Waals surface area contributed by atoms with Crippen LogP contribution >= 0.6 is 0 Å². The van der Waals surface area contributed by atoms with Crippen molar-refractivity contribution in [1.29, 1.82) is 0 Å². The number of unbranched alkanes of at least 4 members (excludes halogenated alkanes) is 8. The second kappa shape index (κ2) is 13.5. The smallest absolute Gasteiger partial charge is 0.132 e. The minimum absolute atomic E-state index is 0.470. The maximum Gasteiger partial charge on any atom is 0.132 e. The largest absolute Gasteiger partial charge is 0.300 e. The van der Waals surface area contributed by atoms with Crippen molar-refractivity contribution in [3.05, 3.63) is 12.7 Å². The van der Waals surface area contributed by atoms with Crippen LogP contribution in [0.4, 0.5) is 0 Å². The first-order valence-electron chi connectivity index (χ1n) is 7.43. The monoisotopic (exact) mass is 238 g/mol. The molecule has 0 aromatic carbocycles. The highest BCUT2D eigenvalue weighted by Crippen LogP contribution is 2.11. The molecule has 0 atom stereocenters. The summed E-state index contributed by atoms with van der Waals surface area (Å²) in [5.74, 6) is 0.470. The number of rotatable bonds is 13. The van der Waals surface area contributed by atoms with Gasteiger partial charge in [0.25, 0.3) is 0 Å². The topological polar surface area (TPSA) is 17.1 Å². The highest BCUT2D eigenvalue weighted by atomic mass is 16.1. The van der Waals surface area contributed by atoms with Gasteiger partial charge >= 0.3 is 0 Å². The van der Waals surface area contributed by atoms with E-state index in [9.17, 15) is 4.79 Å². The minimum atomic E-state index is 0.470. The van der Waals surface area contributed by atoms with Crippen LogP contribution in [0.25, 0.3) is 0 Å². The van der Waals surface area contributed by atoms with Crippen LogP contribution in [0, 0.1) is 0 Å². The third-order valence-corrected chi connectivity index (χ3v) is 3.17. The first-order valence-corrected chi connectivity index (χ1v) is 7.43. The Bertz CT molecular complexity index is 184. The number of allylic oxidation sites excluding steroid dienone is 1. The Hall–Kier alpha value is -0.590. The number of Topliss-reactive ketones (excluding diaryl/α,β-unsaturated/α-hetero) is 1. The van der Waals surface area contributed by atoms with Crippen molar-refractivity contribution < 1.29 is 4.79 Å². The number of carbonyl (C=O) groups is 1. The standard InChI is InChI=1S/C16H30O/c1-3-5-7-8-9-10-11-12-13-15-16(17)14-6-4-2/h3H,1,4-15H2,2H3. The zero-order valence-electron chi connectivity index (χ0n) is 11.7. The Morgan fingerprint density at radius 1 is 0.882 bits per heavy atom. The number of hydrogen-bond donors (Lipinski definition) is 0. The van der Waals surface area contributed by atoms with Gasteiger partial charge in [0.15, 0.2) is 0 Å². The van der Waals surface area contributed by atoms with Crippen LogP contribution in [0.1, 0.15) is 84.0 Å². The van der Waals surface area contributed by atoms with E-state index in [-0.39, 0.29) is 0 Å². The van der Waals surface area contributed by atoms with Crippen molar-refractivity contribution >= 4 is 5.78 Å². The van der Waals surface area contributed by atoms with E-state index in [1.54, 1.807) is 0 Å². The summed E-state index contributed by atoms with van der Waals surface area (Å²) >= 11 is 0. The molecule has 0 saturated heterocycles. The fourth-order valence-corrected chi connectivity index (χ4v) is 1.99. The minimum Gasteiger partial charge on any atom is -0.300 e. The van der Waals surface area contributed by atoms with Crippen LogP contribution in [-0.4, -0.2) is 5.78 Å². The molecule has 1 heteroatoms. The van der Waals surface area contributed by atoms with Gasteiger partial charge in [0.05, 0.1) is 0 Å². The second-order valence-corrected chi connectivity index (χ2v) is 4.94. The summed E-state index contributed by atoms with van der Waals surface area (Å²) < 4.78 is 0. The molecule has 17 heavy (non-hydrogen) atoms. The van der Waals surface area contributed by atoms with E-state index >= 15 is 0 Å². The number of ketones is 1. The quantitative estimate of drug-likeness (QED) is 0.308. The van der Waals surface area contributed by atoms with Crippen LogP contribution in [0.5, 0.6) is 0 Å². The molecule has 0 bridgehead atoms. The average molecular weight is 238 g/mol. The van der Waals surface area contributed by atoms with Gasteiger partial charge in [-0.25, -0.2) is 0 Å². The average Bonchev–Trinajstić information content (AvgIpc) is 2.34. The first kappa shape index (κ1) is 16.4. The molecule has 0 aromatic rings. The van der Waals surface area contributed by atoms with E-state index in [1.165, 1.54) is 38.5 Å². The molecule has 0 aliphatic heterocycles. The van der Waals surface area contributed by atoms with Gasteiger partial charge in [0.1, 0.15) is 5.78 Å². The maximum atomic E-state index is 11.4. The van der Waals surface area contributed by atoms with Crippen molar-refractivity contribution in [2.45, 2.75) is 84.0 Å². The van der Waals surface area contributed by atoms with E-state index in [2.05, 4.69) is 13.5 Å². The van der Waals surface area contributed by atoms with Crippen LogP contribution in [-0.2, 0) is 4.79 Å². The van der Waals surface area contributed by atoms with Gasteiger partial charge in [-0.15, -0.1) is 6.58 Å². The van der Waals surface area contributed by atoms with Crippen molar-refractivity contribution in [3.8, 4) is 0 Å². The van der Waals surface area contributed by atoms with E-state index in [1.807, 2.05) is 6.08 Å². The Kier molecular flexibility index (Phi) is 13.0. The Balaban J connectivity index is 3.07. The van der Waals surface area contributed by atoms with Crippen molar-refractivity contribution in [2.24, 2.45) is 0 Å². The molecule has 0 heterocycles. The van der Waals surface area contributed by atoms with Gasteiger partial charge in [0, 0.05) is 12.8 Å². The van der Waals surface area contributed by atoms with Crippen LogP contribution in [0.3, 0.4) is 0 Å². The summed E-state index contributed by atoms with van der Waals surface area (Å²) in [4.78, 5) is 11.4. The molecule has 0 aromatic heterocycles. The van der Waals surface area contributed by atoms with E-state index < -0.39 is 0 Å². The fourth-order valence-electron chi connectivity index (χ4n) is 1.99. The predicted octanol–water partition coefficient (Wildman–Crippen LogP) is 5.44. The molecule has 0 amide bonds. The summed E-state index contributed by atoms with van der Waals surface area (Å²) in [6.07, 6.45) is 15.9. The zero-order chi connectivity index (χ0) is 12.8. The Morgan fingerprint density at radius 3 is 2.00 bits per heavy atom. The number of carbonyl (C=O) groups excluding carboxylic acids is 1. The van der Waals surface area contributed by atoms with Crippen molar-refractivity contribution in [1.82, 2.24) is 0 Å². The summed E-state index contributed by atoms with van der Waals surface area (Å²) in [5.41, 5.74) is 0. The summed E-state index contributed by atoms with van der Waals surface area (Å²) in [6.45, 7) is 5.86. The predicted molar refractivity (Wildman–Crippen MR) is 76.3 cm³/mol.